The highest BCUT2D eigenvalue weighted by molar-refractivity contribution is 9.10. The van der Waals surface area contributed by atoms with Crippen molar-refractivity contribution in [1.29, 1.82) is 0 Å². The number of hydrogen-bond donors (Lipinski definition) is 1. The van der Waals surface area contributed by atoms with Gasteiger partial charge in [-0.1, -0.05) is 48.8 Å². The molecule has 0 aromatic heterocycles. The van der Waals surface area contributed by atoms with Gasteiger partial charge >= 0.3 is 0 Å². The predicted octanol–water partition coefficient (Wildman–Crippen LogP) is 4.58. The minimum atomic E-state index is 0.158. The second-order valence-corrected chi connectivity index (χ2v) is 6.57. The first-order valence-corrected chi connectivity index (χ1v) is 6.60. The molecule has 0 heterocycles. The zero-order valence-corrected chi connectivity index (χ0v) is 12.3. The molecule has 0 fully saturated rings. The molecule has 16 heavy (non-hydrogen) atoms. The summed E-state index contributed by atoms with van der Waals surface area (Å²) in [5.41, 5.74) is 9.06. The van der Waals surface area contributed by atoms with E-state index in [1.54, 1.807) is 0 Å². The summed E-state index contributed by atoms with van der Waals surface area (Å²) in [7, 11) is 0. The van der Waals surface area contributed by atoms with Gasteiger partial charge in [0.05, 0.1) is 0 Å². The molecule has 0 aliphatic heterocycles. The number of aryl methyl sites for hydroxylation is 1. The normalized spacial score (nSPS) is 13.9. The molecule has 1 aromatic carbocycles. The number of rotatable bonds is 3. The Labute approximate surface area is 108 Å². The molecule has 0 bridgehead atoms. The van der Waals surface area contributed by atoms with E-state index in [1.807, 2.05) is 0 Å². The van der Waals surface area contributed by atoms with E-state index in [1.165, 1.54) is 11.1 Å². The molecule has 0 saturated heterocycles. The van der Waals surface area contributed by atoms with Crippen molar-refractivity contribution in [3.05, 3.63) is 33.8 Å². The van der Waals surface area contributed by atoms with Crippen LogP contribution in [0.3, 0.4) is 0 Å². The van der Waals surface area contributed by atoms with Crippen molar-refractivity contribution in [1.82, 2.24) is 0 Å². The molecule has 0 spiro atoms. The van der Waals surface area contributed by atoms with Crippen LogP contribution in [0.15, 0.2) is 22.7 Å². The zero-order chi connectivity index (χ0) is 12.3. The Bertz CT molecular complexity index is 352. The Morgan fingerprint density at radius 2 is 1.94 bits per heavy atom. The second-order valence-electron chi connectivity index (χ2n) is 5.71. The first kappa shape index (κ1) is 13.7. The van der Waals surface area contributed by atoms with Crippen LogP contribution in [0.25, 0.3) is 0 Å². The van der Waals surface area contributed by atoms with Gasteiger partial charge in [-0.25, -0.2) is 0 Å². The highest BCUT2D eigenvalue weighted by atomic mass is 79.9. The molecule has 1 unspecified atom stereocenters. The molecule has 0 radical (unpaired) electrons. The van der Waals surface area contributed by atoms with Crippen LogP contribution in [0.1, 0.15) is 50.8 Å². The van der Waals surface area contributed by atoms with Crippen LogP contribution >= 0.6 is 15.9 Å². The van der Waals surface area contributed by atoms with Gasteiger partial charge in [0.15, 0.2) is 0 Å². The van der Waals surface area contributed by atoms with E-state index in [0.717, 1.165) is 17.3 Å². The van der Waals surface area contributed by atoms with E-state index in [9.17, 15) is 0 Å². The maximum absolute atomic E-state index is 6.21. The molecule has 1 atom stereocenters. The van der Waals surface area contributed by atoms with Crippen LogP contribution in [0.2, 0.25) is 0 Å². The zero-order valence-electron chi connectivity index (χ0n) is 10.7. The second kappa shape index (κ2) is 5.33. The molecule has 0 saturated carbocycles. The Morgan fingerprint density at radius 1 is 1.31 bits per heavy atom. The van der Waals surface area contributed by atoms with Gasteiger partial charge in [-0.05, 0) is 42.4 Å². The van der Waals surface area contributed by atoms with Crippen LogP contribution < -0.4 is 5.73 Å². The maximum Gasteiger partial charge on any atom is 0.0295 e. The molecule has 90 valence electrons. The van der Waals surface area contributed by atoms with Crippen molar-refractivity contribution in [2.24, 2.45) is 11.1 Å². The van der Waals surface area contributed by atoms with Crippen LogP contribution in [-0.4, -0.2) is 0 Å². The molecule has 2 heteroatoms. The maximum atomic E-state index is 6.21. The van der Waals surface area contributed by atoms with Crippen molar-refractivity contribution >= 4 is 15.9 Å². The molecular formula is C14H22BrN. The average Bonchev–Trinajstić information content (AvgIpc) is 2.17. The first-order chi connectivity index (χ1) is 7.29. The Balaban J connectivity index is 2.66. The monoisotopic (exact) mass is 283 g/mol. The van der Waals surface area contributed by atoms with Crippen LogP contribution in [0.5, 0.6) is 0 Å². The summed E-state index contributed by atoms with van der Waals surface area (Å²) in [6, 6.07) is 6.54. The summed E-state index contributed by atoms with van der Waals surface area (Å²) in [5, 5.41) is 0. The van der Waals surface area contributed by atoms with Gasteiger partial charge < -0.3 is 5.73 Å². The van der Waals surface area contributed by atoms with E-state index in [4.69, 9.17) is 5.73 Å². The fraction of sp³-hybridized carbons (Fsp3) is 0.571. The van der Waals surface area contributed by atoms with Crippen LogP contribution in [0.4, 0.5) is 0 Å². The van der Waals surface area contributed by atoms with Gasteiger partial charge in [0.2, 0.25) is 0 Å². The standard InChI is InChI=1S/C14H22BrN/c1-10-9-11(5-6-12(10)15)13(16)7-8-14(2,3)4/h5-6,9,13H,7-8,16H2,1-4H3. The van der Waals surface area contributed by atoms with E-state index < -0.39 is 0 Å². The van der Waals surface area contributed by atoms with E-state index in [0.29, 0.717) is 5.41 Å². The summed E-state index contributed by atoms with van der Waals surface area (Å²) in [6.45, 7) is 8.87. The predicted molar refractivity (Wildman–Crippen MR) is 74.5 cm³/mol. The Hall–Kier alpha value is -0.340. The molecule has 2 N–H and O–H groups in total. The summed E-state index contributed by atoms with van der Waals surface area (Å²) in [5.74, 6) is 0. The Morgan fingerprint density at radius 3 is 2.44 bits per heavy atom. The molecule has 0 amide bonds. The minimum absolute atomic E-state index is 0.158. The molecule has 1 aromatic rings. The van der Waals surface area contributed by atoms with Crippen molar-refractivity contribution in [3.8, 4) is 0 Å². The summed E-state index contributed by atoms with van der Waals surface area (Å²) in [4.78, 5) is 0. The third-order valence-corrected chi connectivity index (χ3v) is 3.71. The number of halogens is 1. The van der Waals surface area contributed by atoms with E-state index in [2.05, 4.69) is 61.8 Å². The molecule has 1 rings (SSSR count). The highest BCUT2D eigenvalue weighted by Gasteiger charge is 2.14. The summed E-state index contributed by atoms with van der Waals surface area (Å²) in [6.07, 6.45) is 2.20. The van der Waals surface area contributed by atoms with Gasteiger partial charge in [-0.15, -0.1) is 0 Å². The fourth-order valence-corrected chi connectivity index (χ4v) is 1.90. The number of benzene rings is 1. The molecule has 0 aliphatic rings. The van der Waals surface area contributed by atoms with E-state index >= 15 is 0 Å². The van der Waals surface area contributed by atoms with Gasteiger partial charge in [-0.2, -0.15) is 0 Å². The van der Waals surface area contributed by atoms with Gasteiger partial charge in [0.1, 0.15) is 0 Å². The van der Waals surface area contributed by atoms with Gasteiger partial charge in [0, 0.05) is 10.5 Å². The summed E-state index contributed by atoms with van der Waals surface area (Å²) < 4.78 is 1.15. The number of hydrogen-bond acceptors (Lipinski definition) is 1. The quantitative estimate of drug-likeness (QED) is 0.863. The Kier molecular flexibility index (Phi) is 4.57. The lowest BCUT2D eigenvalue weighted by Crippen LogP contribution is -2.14. The molecule has 0 aliphatic carbocycles. The highest BCUT2D eigenvalue weighted by Crippen LogP contribution is 2.27. The van der Waals surface area contributed by atoms with E-state index in [-0.39, 0.29) is 6.04 Å². The lowest BCUT2D eigenvalue weighted by molar-refractivity contribution is 0.350. The van der Waals surface area contributed by atoms with Crippen LogP contribution in [0, 0.1) is 12.3 Å². The number of nitrogens with two attached hydrogens (primary N) is 1. The van der Waals surface area contributed by atoms with Gasteiger partial charge in [-0.3, -0.25) is 0 Å². The topological polar surface area (TPSA) is 26.0 Å². The van der Waals surface area contributed by atoms with Crippen LogP contribution in [-0.2, 0) is 0 Å². The lowest BCUT2D eigenvalue weighted by atomic mass is 9.87. The van der Waals surface area contributed by atoms with Gasteiger partial charge in [0.25, 0.3) is 0 Å². The largest absolute Gasteiger partial charge is 0.324 e. The SMILES string of the molecule is Cc1cc(C(N)CCC(C)(C)C)ccc1Br. The molecular weight excluding hydrogens is 262 g/mol. The van der Waals surface area contributed by atoms with Crippen molar-refractivity contribution in [2.75, 3.05) is 0 Å². The third-order valence-electron chi connectivity index (χ3n) is 2.82. The average molecular weight is 284 g/mol. The first-order valence-electron chi connectivity index (χ1n) is 5.81. The third kappa shape index (κ3) is 4.26. The van der Waals surface area contributed by atoms with Crippen molar-refractivity contribution in [3.63, 3.8) is 0 Å². The fourth-order valence-electron chi connectivity index (χ4n) is 1.65. The smallest absolute Gasteiger partial charge is 0.0295 e. The van der Waals surface area contributed by atoms with Crippen molar-refractivity contribution in [2.45, 2.75) is 46.6 Å². The molecule has 1 nitrogen and oxygen atoms in total. The minimum Gasteiger partial charge on any atom is -0.324 e. The van der Waals surface area contributed by atoms with Crippen molar-refractivity contribution < 1.29 is 0 Å². The summed E-state index contributed by atoms with van der Waals surface area (Å²) >= 11 is 3.51. The lowest BCUT2D eigenvalue weighted by Gasteiger charge is -2.21.